The molecule has 5 aromatic rings. The van der Waals surface area contributed by atoms with Crippen LogP contribution < -0.4 is 4.73 Å². The molecule has 0 saturated heterocycles. The fourth-order valence-corrected chi connectivity index (χ4v) is 4.65. The second-order valence-electron chi connectivity index (χ2n) is 8.39. The van der Waals surface area contributed by atoms with Gasteiger partial charge in [0.15, 0.2) is 12.0 Å². The van der Waals surface area contributed by atoms with E-state index in [9.17, 15) is 22.8 Å². The van der Waals surface area contributed by atoms with Gasteiger partial charge in [-0.2, -0.15) is 37.2 Å². The molecule has 4 aromatic heterocycles. The molecule has 4 heterocycles. The number of hydrogen-bond acceptors (Lipinski definition) is 7. The summed E-state index contributed by atoms with van der Waals surface area (Å²) in [4.78, 5) is 0. The Morgan fingerprint density at radius 1 is 1.00 bits per heavy atom. The predicted molar refractivity (Wildman–Crippen MR) is 133 cm³/mol. The quantitative estimate of drug-likeness (QED) is 0.122. The van der Waals surface area contributed by atoms with Crippen LogP contribution in [0.4, 0.5) is 22.0 Å². The highest BCUT2D eigenvalue weighted by molar-refractivity contribution is 6.33. The van der Waals surface area contributed by atoms with Gasteiger partial charge >= 0.3 is 13.2 Å². The lowest BCUT2D eigenvalue weighted by molar-refractivity contribution is -0.615. The largest absolute Gasteiger partial charge is 0.618 e. The van der Waals surface area contributed by atoms with Gasteiger partial charge in [0.2, 0.25) is 5.69 Å². The van der Waals surface area contributed by atoms with Crippen LogP contribution in [0.2, 0.25) is 10.0 Å². The Morgan fingerprint density at radius 3 is 2.49 bits per heavy atom. The number of benzene rings is 1. The molecule has 0 saturated carbocycles. The summed E-state index contributed by atoms with van der Waals surface area (Å²) in [6, 6.07) is 4.51. The number of ether oxygens (including phenoxy) is 1. The van der Waals surface area contributed by atoms with Gasteiger partial charge in [-0.05, 0) is 28.6 Å². The van der Waals surface area contributed by atoms with E-state index in [0.717, 1.165) is 12.4 Å². The number of aromatic nitrogens is 9. The zero-order valence-corrected chi connectivity index (χ0v) is 21.8. The van der Waals surface area contributed by atoms with E-state index in [4.69, 9.17) is 23.2 Å². The number of halogens is 7. The summed E-state index contributed by atoms with van der Waals surface area (Å²) in [5.41, 5.74) is 0.221. The van der Waals surface area contributed by atoms with Crippen LogP contribution in [0.3, 0.4) is 0 Å². The summed E-state index contributed by atoms with van der Waals surface area (Å²) >= 11 is 12.1. The number of pyridine rings is 1. The standard InChI is InChI=1S/C23H16Cl2F5N9O2/c24-14-2-4-18(37-11-31-34-35-37)19(20(14)26)12-1-3-17(38(40)10-12)16(5-6-41-23(29)30)36-9-13(7-32-36)21-15(25)8-33-39(21)22(27)28/h1-4,7-11,16,22-23H,5-6H2/t16-/m1/s1. The highest BCUT2D eigenvalue weighted by atomic mass is 35.5. The Hall–Kier alpha value is -4.15. The third-order valence-electron chi connectivity index (χ3n) is 6.01. The summed E-state index contributed by atoms with van der Waals surface area (Å²) in [5, 5.41) is 31.5. The van der Waals surface area contributed by atoms with Gasteiger partial charge in [-0.25, -0.2) is 9.07 Å². The molecule has 0 aliphatic heterocycles. The first-order valence-electron chi connectivity index (χ1n) is 11.6. The van der Waals surface area contributed by atoms with Crippen molar-refractivity contribution in [3.05, 3.63) is 82.1 Å². The molecule has 18 heteroatoms. The van der Waals surface area contributed by atoms with E-state index in [1.807, 2.05) is 0 Å². The maximum Gasteiger partial charge on any atom is 0.345 e. The molecule has 0 N–H and O–H groups in total. The zero-order chi connectivity index (χ0) is 29.3. The van der Waals surface area contributed by atoms with Crippen molar-refractivity contribution in [2.75, 3.05) is 6.61 Å². The maximum atomic E-state index is 15.2. The molecule has 214 valence electrons. The second-order valence-corrected chi connectivity index (χ2v) is 9.20. The minimum absolute atomic E-state index is 0.00105. The topological polar surface area (TPSA) is 115 Å². The van der Waals surface area contributed by atoms with E-state index >= 15 is 4.39 Å². The first kappa shape index (κ1) is 28.4. The monoisotopic (exact) mass is 615 g/mol. The average molecular weight is 616 g/mol. The fourth-order valence-electron chi connectivity index (χ4n) is 4.25. The zero-order valence-electron chi connectivity index (χ0n) is 20.3. The number of nitrogens with zero attached hydrogens (tertiary/aromatic N) is 9. The van der Waals surface area contributed by atoms with Gasteiger partial charge in [-0.3, -0.25) is 4.68 Å². The molecule has 0 aliphatic carbocycles. The molecule has 41 heavy (non-hydrogen) atoms. The number of tetrazole rings is 1. The van der Waals surface area contributed by atoms with Crippen LogP contribution in [-0.2, 0) is 4.74 Å². The van der Waals surface area contributed by atoms with Crippen LogP contribution in [0, 0.1) is 11.0 Å². The van der Waals surface area contributed by atoms with Gasteiger partial charge in [0, 0.05) is 24.2 Å². The van der Waals surface area contributed by atoms with Crippen LogP contribution in [0.25, 0.3) is 28.1 Å². The Kier molecular flexibility index (Phi) is 8.14. The first-order valence-corrected chi connectivity index (χ1v) is 12.3. The molecule has 0 amide bonds. The summed E-state index contributed by atoms with van der Waals surface area (Å²) in [5.74, 6) is -0.835. The van der Waals surface area contributed by atoms with E-state index in [1.165, 1.54) is 52.4 Å². The van der Waals surface area contributed by atoms with Crippen molar-refractivity contribution in [2.45, 2.75) is 25.6 Å². The predicted octanol–water partition coefficient (Wildman–Crippen LogP) is 5.08. The summed E-state index contributed by atoms with van der Waals surface area (Å²) < 4.78 is 75.1. The van der Waals surface area contributed by atoms with Gasteiger partial charge in [0.1, 0.15) is 12.4 Å². The second kappa shape index (κ2) is 11.8. The normalized spacial score (nSPS) is 12.5. The van der Waals surface area contributed by atoms with Crippen LogP contribution in [0.5, 0.6) is 0 Å². The van der Waals surface area contributed by atoms with Crippen molar-refractivity contribution in [3.63, 3.8) is 0 Å². The molecule has 0 aliphatic rings. The molecular formula is C23H16Cl2F5N9O2. The minimum atomic E-state index is -3.07. The van der Waals surface area contributed by atoms with E-state index in [1.54, 1.807) is 0 Å². The Morgan fingerprint density at radius 2 is 1.80 bits per heavy atom. The molecule has 0 radical (unpaired) electrons. The van der Waals surface area contributed by atoms with E-state index in [0.29, 0.717) is 9.41 Å². The van der Waals surface area contributed by atoms with Gasteiger partial charge in [-0.1, -0.05) is 23.2 Å². The number of rotatable bonds is 10. The lowest BCUT2D eigenvalue weighted by Gasteiger charge is -2.18. The summed E-state index contributed by atoms with van der Waals surface area (Å²) in [7, 11) is 0. The molecule has 11 nitrogen and oxygen atoms in total. The lowest BCUT2D eigenvalue weighted by atomic mass is 10.0. The van der Waals surface area contributed by atoms with Crippen molar-refractivity contribution in [3.8, 4) is 28.1 Å². The molecule has 0 spiro atoms. The highest BCUT2D eigenvalue weighted by Gasteiger charge is 2.27. The van der Waals surface area contributed by atoms with E-state index in [2.05, 4.69) is 30.5 Å². The highest BCUT2D eigenvalue weighted by Crippen LogP contribution is 2.35. The first-order chi connectivity index (χ1) is 19.7. The Labute approximate surface area is 236 Å². The smallest absolute Gasteiger partial charge is 0.345 e. The van der Waals surface area contributed by atoms with Crippen molar-refractivity contribution in [1.29, 1.82) is 0 Å². The van der Waals surface area contributed by atoms with Crippen molar-refractivity contribution < 1.29 is 31.4 Å². The van der Waals surface area contributed by atoms with Gasteiger partial charge in [-0.15, -0.1) is 5.10 Å². The van der Waals surface area contributed by atoms with Gasteiger partial charge < -0.3 is 9.94 Å². The lowest BCUT2D eigenvalue weighted by Crippen LogP contribution is -2.36. The van der Waals surface area contributed by atoms with E-state index < -0.39 is 31.6 Å². The Balaban J connectivity index is 1.56. The van der Waals surface area contributed by atoms with Crippen LogP contribution >= 0.6 is 23.2 Å². The summed E-state index contributed by atoms with van der Waals surface area (Å²) in [6.45, 7) is -6.56. The minimum Gasteiger partial charge on any atom is -0.618 e. The van der Waals surface area contributed by atoms with Crippen molar-refractivity contribution in [2.24, 2.45) is 0 Å². The van der Waals surface area contributed by atoms with Crippen LogP contribution in [0.15, 0.2) is 55.4 Å². The molecule has 5 rings (SSSR count). The molecule has 0 fully saturated rings. The third kappa shape index (κ3) is 5.71. The molecular weight excluding hydrogens is 600 g/mol. The van der Waals surface area contributed by atoms with Crippen LogP contribution in [0.1, 0.15) is 24.7 Å². The van der Waals surface area contributed by atoms with Crippen molar-refractivity contribution >= 4 is 23.2 Å². The van der Waals surface area contributed by atoms with Crippen molar-refractivity contribution in [1.82, 2.24) is 39.8 Å². The molecule has 1 aromatic carbocycles. The summed E-state index contributed by atoms with van der Waals surface area (Å²) in [6.07, 6.45) is 5.69. The average Bonchev–Trinajstić information content (AvgIpc) is 3.69. The van der Waals surface area contributed by atoms with Crippen LogP contribution in [-0.4, -0.2) is 53.0 Å². The van der Waals surface area contributed by atoms with Gasteiger partial charge in [0.25, 0.3) is 0 Å². The van der Waals surface area contributed by atoms with E-state index in [-0.39, 0.29) is 50.2 Å². The molecule has 0 bridgehead atoms. The fraction of sp³-hybridized carbons (Fsp3) is 0.217. The number of hydrogen-bond donors (Lipinski definition) is 0. The molecule has 1 atom stereocenters. The maximum absolute atomic E-state index is 15.2. The number of alkyl halides is 4. The molecule has 0 unspecified atom stereocenters. The SMILES string of the molecule is [O-][n+]1cc(-c2c(-n3cnnn3)ccc(Cl)c2F)ccc1[C@@H](CCOC(F)F)n1cc(-c2c(Cl)cnn2C(F)F)cn1. The Bertz CT molecular complexity index is 1660. The van der Waals surface area contributed by atoms with Gasteiger partial charge in [0.05, 0.1) is 51.6 Å². The third-order valence-corrected chi connectivity index (χ3v) is 6.58.